The number of benzene rings is 2. The first-order chi connectivity index (χ1) is 34.2. The van der Waals surface area contributed by atoms with Crippen LogP contribution >= 0.6 is 23.2 Å². The number of carbonyl (C=O) groups excluding carboxylic acids is 4. The van der Waals surface area contributed by atoms with Crippen LogP contribution in [-0.4, -0.2) is 113 Å². The van der Waals surface area contributed by atoms with Crippen molar-refractivity contribution >= 4 is 46.8 Å². The van der Waals surface area contributed by atoms with Gasteiger partial charge in [-0.2, -0.15) is 19.6 Å². The summed E-state index contributed by atoms with van der Waals surface area (Å²) in [5, 5.41) is 47.9. The zero-order valence-electron chi connectivity index (χ0n) is 40.6. The lowest BCUT2D eigenvalue weighted by atomic mass is 9.98. The van der Waals surface area contributed by atoms with Crippen molar-refractivity contribution in [3.8, 4) is 11.4 Å². The first kappa shape index (κ1) is 53.4. The van der Waals surface area contributed by atoms with Crippen molar-refractivity contribution in [1.29, 1.82) is 0 Å². The molecule has 4 fully saturated rings. The van der Waals surface area contributed by atoms with Gasteiger partial charge in [-0.15, -0.1) is 0 Å². The highest BCUT2D eigenvalue weighted by Gasteiger charge is 2.27. The maximum absolute atomic E-state index is 13.1. The van der Waals surface area contributed by atoms with Gasteiger partial charge in [0, 0.05) is 30.5 Å². The van der Waals surface area contributed by atoms with E-state index in [1.165, 1.54) is 33.4 Å². The molecule has 4 amide bonds. The van der Waals surface area contributed by atoms with Crippen LogP contribution in [0.5, 0.6) is 0 Å². The number of nitrogens with one attached hydrogen (secondary N) is 6. The summed E-state index contributed by atoms with van der Waals surface area (Å²) in [5.41, 5.74) is -0.00335. The number of aromatic nitrogens is 6. The van der Waals surface area contributed by atoms with E-state index in [-0.39, 0.29) is 70.0 Å². The standard InChI is InChI=1S/C25H35ClN6O4.C24H33ClN6O4/c1-16-30-32(25(36)31(16)15-22(33)28-18-10-12-27-13-11-18)19-8-9-21(26)20(14-19)24(35)29-23(34)17-6-4-2-3-5-7-17;1-15-29-31(24(35)30(15)14-21(32)27-17-10-11-26-13-17)18-8-9-20(25)19(12-18)23(34)28-22(33)16-6-4-2-3-5-7-16/h8-9,14,17-18,23,27,34H,2-7,10-13,15H2,1H3,(H,28,33)(H,29,35);8-9,12,16-17,22,26,33H,2-7,10-11,13-14H2,1H3,(H,27,32)(H,28,34). The van der Waals surface area contributed by atoms with Crippen LogP contribution in [0.2, 0.25) is 10.0 Å². The van der Waals surface area contributed by atoms with E-state index in [4.69, 9.17) is 23.2 Å². The largest absolute Gasteiger partial charge is 0.373 e. The number of piperidine rings is 1. The molecule has 0 bridgehead atoms. The molecular formula is C49H68Cl2N12O8. The number of aryl methyl sites for hydroxylation is 2. The second-order valence-electron chi connectivity index (χ2n) is 19.2. The molecule has 4 heterocycles. The topological polar surface area (TPSA) is 261 Å². The highest BCUT2D eigenvalue weighted by Crippen LogP contribution is 2.28. The fraction of sp³-hybridized carbons (Fsp3) is 0.592. The van der Waals surface area contributed by atoms with Gasteiger partial charge in [-0.3, -0.25) is 28.3 Å². The smallest absolute Gasteiger partial charge is 0.351 e. The first-order valence-corrected chi connectivity index (χ1v) is 25.8. The van der Waals surface area contributed by atoms with Gasteiger partial charge in [0.1, 0.15) is 37.2 Å². The molecule has 20 nitrogen and oxygen atoms in total. The molecule has 2 aliphatic carbocycles. The van der Waals surface area contributed by atoms with E-state index in [2.05, 4.69) is 42.1 Å². The Kier molecular flexibility index (Phi) is 19.1. The number of aliphatic hydroxyl groups is 2. The van der Waals surface area contributed by atoms with Gasteiger partial charge in [0.15, 0.2) is 0 Å². The predicted molar refractivity (Wildman–Crippen MR) is 268 cm³/mol. The lowest BCUT2D eigenvalue weighted by molar-refractivity contribution is -0.123. The lowest BCUT2D eigenvalue weighted by Crippen LogP contribution is -2.44. The molecule has 2 aliphatic heterocycles. The van der Waals surface area contributed by atoms with Crippen LogP contribution in [0.3, 0.4) is 0 Å². The molecule has 71 heavy (non-hydrogen) atoms. The second kappa shape index (κ2) is 25.3. The molecule has 0 spiro atoms. The Labute approximate surface area is 422 Å². The minimum absolute atomic E-state index is 0.00963. The molecule has 8 N–H and O–H groups in total. The molecule has 2 saturated heterocycles. The average Bonchev–Trinajstić information content (AvgIpc) is 3.82. The maximum Gasteiger partial charge on any atom is 0.351 e. The summed E-state index contributed by atoms with van der Waals surface area (Å²) in [6, 6.07) is 9.32. The van der Waals surface area contributed by atoms with Crippen molar-refractivity contribution in [2.75, 3.05) is 26.2 Å². The second-order valence-corrected chi connectivity index (χ2v) is 20.0. The molecule has 0 radical (unpaired) electrons. The van der Waals surface area contributed by atoms with Crippen LogP contribution in [-0.2, 0) is 22.7 Å². The molecule has 4 aromatic rings. The van der Waals surface area contributed by atoms with Crippen molar-refractivity contribution in [2.45, 2.75) is 148 Å². The highest BCUT2D eigenvalue weighted by molar-refractivity contribution is 6.34. The van der Waals surface area contributed by atoms with Gasteiger partial charge in [0.2, 0.25) is 11.8 Å². The fourth-order valence-corrected chi connectivity index (χ4v) is 10.2. The van der Waals surface area contributed by atoms with Gasteiger partial charge < -0.3 is 42.1 Å². The zero-order chi connectivity index (χ0) is 50.6. The minimum atomic E-state index is -0.960. The molecule has 2 aromatic heterocycles. The summed E-state index contributed by atoms with van der Waals surface area (Å²) in [6.07, 6.45) is 12.8. The van der Waals surface area contributed by atoms with Crippen LogP contribution in [0.1, 0.15) is 129 Å². The van der Waals surface area contributed by atoms with Gasteiger partial charge in [0.05, 0.1) is 32.5 Å². The predicted octanol–water partition coefficient (Wildman–Crippen LogP) is 3.38. The molecular weight excluding hydrogens is 956 g/mol. The monoisotopic (exact) mass is 1020 g/mol. The Bertz CT molecular complexity index is 2600. The van der Waals surface area contributed by atoms with E-state index in [0.29, 0.717) is 29.6 Å². The van der Waals surface area contributed by atoms with Gasteiger partial charge in [0.25, 0.3) is 11.8 Å². The van der Waals surface area contributed by atoms with E-state index in [1.54, 1.807) is 26.0 Å². The molecule has 3 unspecified atom stereocenters. The van der Waals surface area contributed by atoms with Gasteiger partial charge in [-0.1, -0.05) is 74.6 Å². The Morgan fingerprint density at radius 2 is 1.00 bits per heavy atom. The van der Waals surface area contributed by atoms with Crippen molar-refractivity contribution in [3.05, 3.63) is 90.2 Å². The van der Waals surface area contributed by atoms with Gasteiger partial charge in [-0.05, 0) is 115 Å². The molecule has 2 aromatic carbocycles. The fourth-order valence-electron chi connectivity index (χ4n) is 9.82. The molecule has 386 valence electrons. The number of carbonyl (C=O) groups is 4. The number of hydrogen-bond donors (Lipinski definition) is 8. The molecule has 4 aliphatic rings. The normalized spacial score (nSPS) is 19.1. The SMILES string of the molecule is Cc1nn(-c2ccc(Cl)c(C(=O)NC(O)C3CCCCCC3)c2)c(=O)n1CC(=O)NC1CCNC1.Cc1nn(-c2ccc(Cl)c(C(=O)NC(O)C3CCCCCC3)c2)c(=O)n1CC(=O)NC1CCNCC1. The van der Waals surface area contributed by atoms with Crippen molar-refractivity contribution in [1.82, 2.24) is 60.6 Å². The number of rotatable bonds is 14. The highest BCUT2D eigenvalue weighted by atomic mass is 35.5. The summed E-state index contributed by atoms with van der Waals surface area (Å²) in [4.78, 5) is 77.0. The van der Waals surface area contributed by atoms with E-state index >= 15 is 0 Å². The Morgan fingerprint density at radius 1 is 0.606 bits per heavy atom. The number of hydrogen-bond acceptors (Lipinski definition) is 12. The number of nitrogens with zero attached hydrogens (tertiary/aromatic N) is 6. The Hall–Kier alpha value is -5.38. The van der Waals surface area contributed by atoms with E-state index in [1.807, 2.05) is 0 Å². The van der Waals surface area contributed by atoms with Crippen LogP contribution in [0, 0.1) is 25.7 Å². The van der Waals surface area contributed by atoms with Gasteiger partial charge in [-0.25, -0.2) is 9.59 Å². The van der Waals surface area contributed by atoms with Crippen molar-refractivity contribution in [2.24, 2.45) is 11.8 Å². The van der Waals surface area contributed by atoms with E-state index in [9.17, 15) is 39.0 Å². The van der Waals surface area contributed by atoms with E-state index in [0.717, 1.165) is 125 Å². The van der Waals surface area contributed by atoms with Crippen LogP contribution < -0.4 is 43.3 Å². The minimum Gasteiger partial charge on any atom is -0.373 e. The average molecular weight is 1020 g/mol. The molecule has 3 atom stereocenters. The summed E-state index contributed by atoms with van der Waals surface area (Å²) < 4.78 is 4.90. The molecule has 8 rings (SSSR count). The zero-order valence-corrected chi connectivity index (χ0v) is 42.1. The quantitative estimate of drug-likeness (QED) is 0.0669. The first-order valence-electron chi connectivity index (χ1n) is 25.1. The van der Waals surface area contributed by atoms with E-state index < -0.39 is 35.6 Å². The number of aliphatic hydroxyl groups excluding tert-OH is 2. The van der Waals surface area contributed by atoms with Crippen molar-refractivity contribution in [3.63, 3.8) is 0 Å². The molecule has 2 saturated carbocycles. The Morgan fingerprint density at radius 3 is 1.41 bits per heavy atom. The lowest BCUT2D eigenvalue weighted by Gasteiger charge is -2.23. The van der Waals surface area contributed by atoms with Crippen molar-refractivity contribution < 1.29 is 29.4 Å². The summed E-state index contributed by atoms with van der Waals surface area (Å²) in [6.45, 7) is 6.30. The third-order valence-corrected chi connectivity index (χ3v) is 14.6. The Balaban J connectivity index is 0.000000209. The molecule has 22 heteroatoms. The van der Waals surface area contributed by atoms with Crippen LogP contribution in [0.4, 0.5) is 0 Å². The van der Waals surface area contributed by atoms with Gasteiger partial charge >= 0.3 is 11.4 Å². The third-order valence-electron chi connectivity index (χ3n) is 14.0. The maximum atomic E-state index is 13.1. The van der Waals surface area contributed by atoms with Crippen LogP contribution in [0.15, 0.2) is 46.0 Å². The number of halogens is 2. The summed E-state index contributed by atoms with van der Waals surface area (Å²) in [5.74, 6) is -0.746. The van der Waals surface area contributed by atoms with Crippen LogP contribution in [0.25, 0.3) is 11.4 Å². The number of amides is 4. The summed E-state index contributed by atoms with van der Waals surface area (Å²) in [7, 11) is 0. The third kappa shape index (κ3) is 14.2. The summed E-state index contributed by atoms with van der Waals surface area (Å²) >= 11 is 12.6.